The number of carbonyl (C=O) groups excluding carboxylic acids is 3. The number of thiophene rings is 1. The highest BCUT2D eigenvalue weighted by atomic mass is 32.1. The number of piperidine rings is 2. The molecule has 3 aromatic rings. The third-order valence-corrected chi connectivity index (χ3v) is 8.53. The average molecular weight is 493 g/mol. The van der Waals surface area contributed by atoms with E-state index in [0.717, 1.165) is 43.6 Å². The summed E-state index contributed by atoms with van der Waals surface area (Å²) < 4.78 is 15.8. The second-order valence-corrected chi connectivity index (χ2v) is 10.8. The maximum absolute atomic E-state index is 14.6. The molecule has 3 aliphatic heterocycles. The molecule has 2 fully saturated rings. The number of hydrogen-bond acceptors (Lipinski definition) is 6. The second-order valence-electron chi connectivity index (χ2n) is 9.60. The highest BCUT2D eigenvalue weighted by Crippen LogP contribution is 2.38. The van der Waals surface area contributed by atoms with Crippen LogP contribution in [0.4, 0.5) is 4.39 Å². The van der Waals surface area contributed by atoms with E-state index in [1.165, 1.54) is 25.9 Å². The van der Waals surface area contributed by atoms with Crippen molar-refractivity contribution in [2.24, 2.45) is 0 Å². The molecule has 0 bridgehead atoms. The van der Waals surface area contributed by atoms with Crippen LogP contribution in [-0.2, 0) is 22.7 Å². The molecule has 1 atom stereocenters. The Kier molecular flexibility index (Phi) is 5.61. The van der Waals surface area contributed by atoms with E-state index >= 15 is 0 Å². The Morgan fingerprint density at radius 3 is 2.71 bits per heavy atom. The van der Waals surface area contributed by atoms with Gasteiger partial charge in [-0.3, -0.25) is 29.6 Å². The quantitative estimate of drug-likeness (QED) is 0.563. The molecule has 0 spiro atoms. The Morgan fingerprint density at radius 2 is 1.94 bits per heavy atom. The minimum Gasteiger partial charge on any atom is -0.322 e. The zero-order valence-electron chi connectivity index (χ0n) is 19.1. The molecule has 9 heteroatoms. The Bertz CT molecular complexity index is 1310. The predicted molar refractivity (Wildman–Crippen MR) is 129 cm³/mol. The summed E-state index contributed by atoms with van der Waals surface area (Å²) in [7, 11) is 0. The molecule has 0 radical (unpaired) electrons. The summed E-state index contributed by atoms with van der Waals surface area (Å²) in [5, 5.41) is 3.49. The summed E-state index contributed by atoms with van der Waals surface area (Å²) >= 11 is 1.79. The van der Waals surface area contributed by atoms with Crippen molar-refractivity contribution in [2.75, 3.05) is 13.1 Å². The third-order valence-electron chi connectivity index (χ3n) is 7.43. The molecular formula is C26H25FN4O3S. The van der Waals surface area contributed by atoms with Gasteiger partial charge in [0.15, 0.2) is 0 Å². The number of aromatic nitrogens is 1. The SMILES string of the molecule is O=C1CCC(N2Cc3c(cc(F)cc3C3CCN(Cc4cc5cnccc5s4)CC3)C2=O)C(=O)N1. The minimum atomic E-state index is -0.693. The molecule has 1 aromatic carbocycles. The van der Waals surface area contributed by atoms with Crippen LogP contribution in [0.3, 0.4) is 0 Å². The number of rotatable bonds is 4. The average Bonchev–Trinajstić information content (AvgIpc) is 3.40. The molecule has 1 N–H and O–H groups in total. The Labute approximate surface area is 205 Å². The van der Waals surface area contributed by atoms with Crippen LogP contribution in [0, 0.1) is 5.82 Å². The molecule has 180 valence electrons. The topological polar surface area (TPSA) is 82.6 Å². The van der Waals surface area contributed by atoms with Crippen LogP contribution >= 0.6 is 11.3 Å². The van der Waals surface area contributed by atoms with Gasteiger partial charge in [0.05, 0.1) is 0 Å². The van der Waals surface area contributed by atoms with Crippen molar-refractivity contribution < 1.29 is 18.8 Å². The van der Waals surface area contributed by atoms with Crippen LogP contribution in [0.15, 0.2) is 36.7 Å². The number of carbonyl (C=O) groups is 3. The number of likely N-dealkylation sites (tertiary alicyclic amines) is 1. The summed E-state index contributed by atoms with van der Waals surface area (Å²) in [6.45, 7) is 2.96. The zero-order valence-corrected chi connectivity index (χ0v) is 19.9. The molecule has 0 aliphatic carbocycles. The largest absolute Gasteiger partial charge is 0.322 e. The third kappa shape index (κ3) is 4.12. The molecule has 2 saturated heterocycles. The minimum absolute atomic E-state index is 0.164. The second kappa shape index (κ2) is 8.80. The van der Waals surface area contributed by atoms with E-state index in [0.29, 0.717) is 12.0 Å². The fraction of sp³-hybridized carbons (Fsp3) is 0.385. The van der Waals surface area contributed by atoms with Crippen molar-refractivity contribution in [3.8, 4) is 0 Å². The number of nitrogens with one attached hydrogen (secondary N) is 1. The number of nitrogens with zero attached hydrogens (tertiary/aromatic N) is 3. The van der Waals surface area contributed by atoms with Crippen molar-refractivity contribution in [3.63, 3.8) is 0 Å². The lowest BCUT2D eigenvalue weighted by atomic mass is 9.85. The van der Waals surface area contributed by atoms with Gasteiger partial charge in [-0.15, -0.1) is 11.3 Å². The van der Waals surface area contributed by atoms with Crippen LogP contribution in [0.1, 0.15) is 58.0 Å². The molecule has 7 nitrogen and oxygen atoms in total. The van der Waals surface area contributed by atoms with Crippen LogP contribution in [0.25, 0.3) is 10.1 Å². The molecule has 0 saturated carbocycles. The molecule has 3 amide bonds. The van der Waals surface area contributed by atoms with E-state index in [9.17, 15) is 18.8 Å². The lowest BCUT2D eigenvalue weighted by Crippen LogP contribution is -2.52. The standard InChI is InChI=1S/C26H25FN4O3S/c27-17-10-19(21-14-31(26(34)20(21)11-17)22-1-2-24(32)29-25(22)33)15-4-7-30(8-5-15)13-18-9-16-12-28-6-3-23(16)35-18/h3,6,9-12,15,22H,1-2,4-5,7-8,13-14H2,(H,29,32,33). The van der Waals surface area contributed by atoms with E-state index in [2.05, 4.69) is 21.3 Å². The summed E-state index contributed by atoms with van der Waals surface area (Å²) in [4.78, 5) is 46.5. The number of fused-ring (bicyclic) bond motifs is 2. The monoisotopic (exact) mass is 492 g/mol. The van der Waals surface area contributed by atoms with Gasteiger partial charge in [0.1, 0.15) is 11.9 Å². The van der Waals surface area contributed by atoms with Gasteiger partial charge in [-0.05, 0) is 73.7 Å². The van der Waals surface area contributed by atoms with Gasteiger partial charge in [-0.25, -0.2) is 4.39 Å². The van der Waals surface area contributed by atoms with E-state index in [-0.39, 0.29) is 30.7 Å². The summed E-state index contributed by atoms with van der Waals surface area (Å²) in [6.07, 6.45) is 5.98. The van der Waals surface area contributed by atoms with Crippen LogP contribution in [0.5, 0.6) is 0 Å². The number of hydrogen-bond donors (Lipinski definition) is 1. The first-order valence-electron chi connectivity index (χ1n) is 12.0. The highest BCUT2D eigenvalue weighted by Gasteiger charge is 2.41. The van der Waals surface area contributed by atoms with Gasteiger partial charge < -0.3 is 4.90 Å². The van der Waals surface area contributed by atoms with Crippen LogP contribution in [-0.4, -0.2) is 51.6 Å². The lowest BCUT2D eigenvalue weighted by Gasteiger charge is -2.33. The fourth-order valence-corrected chi connectivity index (χ4v) is 6.73. The van der Waals surface area contributed by atoms with Crippen molar-refractivity contribution in [2.45, 2.75) is 50.7 Å². The first-order chi connectivity index (χ1) is 17.0. The van der Waals surface area contributed by atoms with E-state index in [4.69, 9.17) is 0 Å². The number of amides is 3. The molecule has 1 unspecified atom stereocenters. The van der Waals surface area contributed by atoms with Gasteiger partial charge in [0, 0.05) is 52.4 Å². The van der Waals surface area contributed by atoms with E-state index in [1.54, 1.807) is 17.4 Å². The van der Waals surface area contributed by atoms with Crippen LogP contribution < -0.4 is 5.32 Å². The maximum Gasteiger partial charge on any atom is 0.255 e. The predicted octanol–water partition coefficient (Wildman–Crippen LogP) is 3.58. The highest BCUT2D eigenvalue weighted by molar-refractivity contribution is 7.19. The lowest BCUT2D eigenvalue weighted by molar-refractivity contribution is -0.136. The van der Waals surface area contributed by atoms with Crippen LogP contribution in [0.2, 0.25) is 0 Å². The maximum atomic E-state index is 14.6. The number of halogens is 1. The molecular weight excluding hydrogens is 467 g/mol. The van der Waals surface area contributed by atoms with Gasteiger partial charge in [0.2, 0.25) is 11.8 Å². The first-order valence-corrected chi connectivity index (χ1v) is 12.8. The summed E-state index contributed by atoms with van der Waals surface area (Å²) in [5.74, 6) is -1.35. The van der Waals surface area contributed by atoms with Gasteiger partial charge in [0.25, 0.3) is 5.91 Å². The summed E-state index contributed by atoms with van der Waals surface area (Å²) in [5.41, 5.74) is 2.07. The Morgan fingerprint density at radius 1 is 1.11 bits per heavy atom. The molecule has 5 heterocycles. The van der Waals surface area contributed by atoms with Crippen molar-refractivity contribution >= 4 is 39.1 Å². The van der Waals surface area contributed by atoms with Gasteiger partial charge >= 0.3 is 0 Å². The smallest absolute Gasteiger partial charge is 0.255 e. The van der Waals surface area contributed by atoms with Gasteiger partial charge in [-0.1, -0.05) is 0 Å². The number of pyridine rings is 1. The van der Waals surface area contributed by atoms with Crippen molar-refractivity contribution in [1.29, 1.82) is 0 Å². The zero-order chi connectivity index (χ0) is 24.1. The normalized spacial score (nSPS) is 21.6. The fourth-order valence-electron chi connectivity index (χ4n) is 5.66. The van der Waals surface area contributed by atoms with E-state index < -0.39 is 17.8 Å². The van der Waals surface area contributed by atoms with Gasteiger partial charge in [-0.2, -0.15) is 0 Å². The molecule has 6 rings (SSSR count). The van der Waals surface area contributed by atoms with Crippen molar-refractivity contribution in [1.82, 2.24) is 20.1 Å². The Hall–Kier alpha value is -3.17. The Balaban J connectivity index is 1.17. The summed E-state index contributed by atoms with van der Waals surface area (Å²) in [6, 6.07) is 6.41. The first kappa shape index (κ1) is 22.3. The van der Waals surface area contributed by atoms with E-state index in [1.807, 2.05) is 18.5 Å². The number of imide groups is 1. The number of benzene rings is 1. The van der Waals surface area contributed by atoms with Crippen molar-refractivity contribution in [3.05, 3.63) is 64.0 Å². The molecule has 35 heavy (non-hydrogen) atoms. The molecule has 3 aliphatic rings. The molecule has 2 aromatic heterocycles.